The van der Waals surface area contributed by atoms with E-state index in [4.69, 9.17) is 9.84 Å². The van der Waals surface area contributed by atoms with Gasteiger partial charge in [0.1, 0.15) is 13.2 Å². The van der Waals surface area contributed by atoms with Gasteiger partial charge in [0.15, 0.2) is 0 Å². The van der Waals surface area contributed by atoms with Crippen molar-refractivity contribution in [2.24, 2.45) is 11.3 Å². The molecule has 0 heterocycles. The zero-order chi connectivity index (χ0) is 23.2. The van der Waals surface area contributed by atoms with Crippen LogP contribution in [0.3, 0.4) is 0 Å². The van der Waals surface area contributed by atoms with Gasteiger partial charge in [-0.15, -0.1) is 0 Å². The Morgan fingerprint density at radius 2 is 1.70 bits per heavy atom. The Morgan fingerprint density at radius 3 is 2.30 bits per heavy atom. The molecule has 5 rings (SSSR count). The number of rotatable bonds is 7. The number of hydrogen-bond acceptors (Lipinski definition) is 4. The number of ether oxygens (including phenoxy) is 1. The molecule has 3 atom stereocenters. The van der Waals surface area contributed by atoms with E-state index < -0.39 is 17.5 Å². The molecule has 2 aromatic carbocycles. The van der Waals surface area contributed by atoms with Crippen LogP contribution in [0.25, 0.3) is 11.1 Å². The second-order valence-corrected chi connectivity index (χ2v) is 9.38. The molecule has 3 aliphatic rings. The predicted octanol–water partition coefficient (Wildman–Crippen LogP) is 3.63. The number of aliphatic carboxylic acids is 1. The van der Waals surface area contributed by atoms with Crippen LogP contribution in [0, 0.1) is 11.3 Å². The van der Waals surface area contributed by atoms with Crippen molar-refractivity contribution in [2.45, 2.75) is 38.1 Å². The van der Waals surface area contributed by atoms with Crippen LogP contribution in [0.4, 0.5) is 4.79 Å². The summed E-state index contributed by atoms with van der Waals surface area (Å²) in [6, 6.07) is 16.3. The molecule has 0 aromatic heterocycles. The summed E-state index contributed by atoms with van der Waals surface area (Å²) in [5.74, 6) is -0.909. The van der Waals surface area contributed by atoms with Crippen molar-refractivity contribution in [3.05, 3.63) is 59.7 Å². The summed E-state index contributed by atoms with van der Waals surface area (Å²) in [6.45, 7) is 2.12. The number of amides is 2. The lowest BCUT2D eigenvalue weighted by atomic mass is 9.98. The van der Waals surface area contributed by atoms with E-state index in [9.17, 15) is 14.4 Å². The molecule has 2 saturated carbocycles. The van der Waals surface area contributed by atoms with E-state index in [0.29, 0.717) is 13.0 Å². The molecule has 0 bridgehead atoms. The number of benzene rings is 2. The van der Waals surface area contributed by atoms with Crippen molar-refractivity contribution < 1.29 is 24.2 Å². The molecule has 7 nitrogen and oxygen atoms in total. The number of nitrogens with zero attached hydrogens (tertiary/aromatic N) is 1. The standard InChI is InChI=1S/C26H28N2O5/c1-2-28(14-23(29)30)24(31)26-12-16(26)11-17(13-26)27-25(32)33-15-22-20-9-5-3-7-18(20)19-8-4-6-10-21(19)22/h3-10,16-17,22H,2,11-15H2,1H3,(H,27,32)(H,29,30)/t16-,17+,26+/m0/s1. The van der Waals surface area contributed by atoms with E-state index in [1.54, 1.807) is 6.92 Å². The van der Waals surface area contributed by atoms with Crippen LogP contribution in [0.5, 0.6) is 0 Å². The minimum Gasteiger partial charge on any atom is -0.480 e. The molecule has 0 aliphatic heterocycles. The fourth-order valence-electron chi connectivity index (χ4n) is 5.88. The van der Waals surface area contributed by atoms with E-state index in [2.05, 4.69) is 29.6 Å². The smallest absolute Gasteiger partial charge is 0.407 e. The van der Waals surface area contributed by atoms with Crippen LogP contribution in [0.1, 0.15) is 43.2 Å². The lowest BCUT2D eigenvalue weighted by Crippen LogP contribution is -2.42. The summed E-state index contributed by atoms with van der Waals surface area (Å²) in [4.78, 5) is 38.0. The van der Waals surface area contributed by atoms with Crippen LogP contribution in [0.2, 0.25) is 0 Å². The maximum absolute atomic E-state index is 13.0. The van der Waals surface area contributed by atoms with Gasteiger partial charge in [0.2, 0.25) is 5.91 Å². The molecule has 2 amide bonds. The van der Waals surface area contributed by atoms with Crippen LogP contribution in [-0.2, 0) is 14.3 Å². The predicted molar refractivity (Wildman–Crippen MR) is 122 cm³/mol. The minimum absolute atomic E-state index is 0.00202. The molecule has 0 unspecified atom stereocenters. The van der Waals surface area contributed by atoms with Gasteiger partial charge in [-0.05, 0) is 54.4 Å². The Kier molecular flexibility index (Phi) is 5.35. The Bertz CT molecular complexity index is 1070. The van der Waals surface area contributed by atoms with Crippen molar-refractivity contribution in [3.8, 4) is 11.1 Å². The lowest BCUT2D eigenvalue weighted by Gasteiger charge is -2.25. The van der Waals surface area contributed by atoms with Gasteiger partial charge in [0.25, 0.3) is 0 Å². The van der Waals surface area contributed by atoms with Crippen LogP contribution in [0.15, 0.2) is 48.5 Å². The van der Waals surface area contributed by atoms with E-state index >= 15 is 0 Å². The lowest BCUT2D eigenvalue weighted by molar-refractivity contribution is -0.147. The first kappa shape index (κ1) is 21.5. The number of hydrogen-bond donors (Lipinski definition) is 2. The molecule has 2 fully saturated rings. The second kappa shape index (κ2) is 8.21. The highest BCUT2D eigenvalue weighted by atomic mass is 16.5. The van der Waals surface area contributed by atoms with Crippen molar-refractivity contribution in [2.75, 3.05) is 19.7 Å². The quantitative estimate of drug-likeness (QED) is 0.674. The summed E-state index contributed by atoms with van der Waals surface area (Å²) >= 11 is 0. The van der Waals surface area contributed by atoms with Crippen molar-refractivity contribution in [1.29, 1.82) is 0 Å². The van der Waals surface area contributed by atoms with Gasteiger partial charge in [-0.2, -0.15) is 0 Å². The van der Waals surface area contributed by atoms with Gasteiger partial charge in [-0.1, -0.05) is 48.5 Å². The van der Waals surface area contributed by atoms with Crippen LogP contribution < -0.4 is 5.32 Å². The third kappa shape index (κ3) is 3.75. The van der Waals surface area contributed by atoms with Gasteiger partial charge in [0, 0.05) is 18.5 Å². The first-order chi connectivity index (χ1) is 15.9. The number of alkyl carbamates (subject to hydrolysis) is 1. The monoisotopic (exact) mass is 448 g/mol. The summed E-state index contributed by atoms with van der Waals surface area (Å²) < 4.78 is 5.64. The molecule has 0 radical (unpaired) electrons. The fraction of sp³-hybridized carbons (Fsp3) is 0.423. The van der Waals surface area contributed by atoms with Gasteiger partial charge < -0.3 is 20.1 Å². The molecule has 172 valence electrons. The van der Waals surface area contributed by atoms with Gasteiger partial charge in [0.05, 0.1) is 5.41 Å². The number of carbonyl (C=O) groups excluding carboxylic acids is 2. The molecule has 7 heteroatoms. The largest absolute Gasteiger partial charge is 0.480 e. The molecule has 2 aromatic rings. The average Bonchev–Trinajstić information content (AvgIpc) is 3.23. The first-order valence-corrected chi connectivity index (χ1v) is 11.6. The molecule has 3 aliphatic carbocycles. The second-order valence-electron chi connectivity index (χ2n) is 9.38. The number of fused-ring (bicyclic) bond motifs is 4. The average molecular weight is 449 g/mol. The molecular formula is C26H28N2O5. The van der Waals surface area contributed by atoms with Crippen LogP contribution >= 0.6 is 0 Å². The third-order valence-corrected chi connectivity index (χ3v) is 7.50. The van der Waals surface area contributed by atoms with E-state index in [0.717, 1.165) is 24.0 Å². The zero-order valence-electron chi connectivity index (χ0n) is 18.6. The van der Waals surface area contributed by atoms with Crippen molar-refractivity contribution in [1.82, 2.24) is 10.2 Å². The van der Waals surface area contributed by atoms with Gasteiger partial charge in [-0.3, -0.25) is 9.59 Å². The fourth-order valence-corrected chi connectivity index (χ4v) is 5.88. The topological polar surface area (TPSA) is 95.9 Å². The summed E-state index contributed by atoms with van der Waals surface area (Å²) in [6.07, 6.45) is 1.56. The highest BCUT2D eigenvalue weighted by Crippen LogP contribution is 2.64. The van der Waals surface area contributed by atoms with E-state index in [1.165, 1.54) is 16.0 Å². The number of carboxylic acids is 1. The molecule has 33 heavy (non-hydrogen) atoms. The summed E-state index contributed by atoms with van der Waals surface area (Å²) in [5, 5.41) is 12.0. The Morgan fingerprint density at radius 1 is 1.06 bits per heavy atom. The Labute approximate surface area is 192 Å². The minimum atomic E-state index is -1.01. The van der Waals surface area contributed by atoms with Gasteiger partial charge in [-0.25, -0.2) is 4.79 Å². The Balaban J connectivity index is 1.19. The Hall–Kier alpha value is -3.35. The summed E-state index contributed by atoms with van der Waals surface area (Å²) in [7, 11) is 0. The first-order valence-electron chi connectivity index (χ1n) is 11.6. The SMILES string of the molecule is CCN(CC(=O)O)C(=O)[C@]12C[C@H](NC(=O)OCC3c4ccccc4-c4ccccc43)C[C@H]1C2. The van der Waals surface area contributed by atoms with Crippen LogP contribution in [-0.4, -0.2) is 53.7 Å². The van der Waals surface area contributed by atoms with E-state index in [1.807, 2.05) is 24.3 Å². The number of nitrogens with one attached hydrogen (secondary N) is 1. The number of carboxylic acid groups (broad SMARTS) is 1. The maximum Gasteiger partial charge on any atom is 0.407 e. The molecule has 2 N–H and O–H groups in total. The van der Waals surface area contributed by atoms with Gasteiger partial charge >= 0.3 is 12.1 Å². The highest BCUT2D eigenvalue weighted by molar-refractivity contribution is 5.89. The highest BCUT2D eigenvalue weighted by Gasteiger charge is 2.66. The normalized spacial score (nSPS) is 24.4. The molecule has 0 saturated heterocycles. The number of carbonyl (C=O) groups is 3. The zero-order valence-corrected chi connectivity index (χ0v) is 18.6. The molecular weight excluding hydrogens is 420 g/mol. The maximum atomic E-state index is 13.0. The van der Waals surface area contributed by atoms with Crippen molar-refractivity contribution in [3.63, 3.8) is 0 Å². The van der Waals surface area contributed by atoms with Crippen molar-refractivity contribution >= 4 is 18.0 Å². The number of likely N-dealkylation sites (N-methyl/N-ethyl adjacent to an activating group) is 1. The van der Waals surface area contributed by atoms with E-state index in [-0.39, 0.29) is 36.9 Å². The summed E-state index contributed by atoms with van der Waals surface area (Å²) in [5.41, 5.74) is 4.17. The third-order valence-electron chi connectivity index (χ3n) is 7.50. The molecule has 0 spiro atoms.